The topological polar surface area (TPSA) is 130 Å². The molecule has 0 saturated carbocycles. The van der Waals surface area contributed by atoms with E-state index < -0.39 is 12.2 Å². The van der Waals surface area contributed by atoms with Gasteiger partial charge in [-0.2, -0.15) is 0 Å². The third-order valence-corrected chi connectivity index (χ3v) is 7.31. The highest BCUT2D eigenvalue weighted by atomic mass is 16.7. The lowest BCUT2D eigenvalue weighted by Crippen LogP contribution is -2.42. The number of aliphatic hydroxyl groups excluding tert-OH is 1. The number of carbonyl (C=O) groups excluding carboxylic acids is 2. The van der Waals surface area contributed by atoms with Gasteiger partial charge in [0.05, 0.1) is 25.4 Å². The fraction of sp³-hybridized carbons (Fsp3) is 0.517. The highest BCUT2D eigenvalue weighted by Gasteiger charge is 2.35. The van der Waals surface area contributed by atoms with Crippen molar-refractivity contribution in [2.75, 3.05) is 32.1 Å². The molecule has 212 valence electrons. The monoisotopic (exact) mass is 541 g/mol. The van der Waals surface area contributed by atoms with E-state index in [4.69, 9.17) is 19.4 Å². The minimum atomic E-state index is -0.573. The fourth-order valence-electron chi connectivity index (χ4n) is 5.22. The molecule has 4 atom stereocenters. The maximum Gasteiger partial charge on any atom is 0.243 e. The Balaban J connectivity index is 1.43. The SMILES string of the molecule is COC[C@@H]1CCCN1C[C@H]1C[C@@H](c2ccc(CO)cc2)O[C@@H](c2ccc(NC(=O)CCCC(=O)NO)cc2)O1. The number of nitrogens with zero attached hydrogens (tertiary/aromatic N) is 1. The number of methoxy groups -OCH3 is 1. The minimum Gasteiger partial charge on any atom is -0.392 e. The number of amides is 2. The Morgan fingerprint density at radius 2 is 1.74 bits per heavy atom. The zero-order valence-electron chi connectivity index (χ0n) is 22.4. The number of benzene rings is 2. The van der Waals surface area contributed by atoms with Crippen molar-refractivity contribution < 1.29 is 34.1 Å². The molecule has 0 aliphatic carbocycles. The van der Waals surface area contributed by atoms with Gasteiger partial charge in [-0.3, -0.25) is 19.7 Å². The Hall–Kier alpha value is -2.86. The van der Waals surface area contributed by atoms with Crippen molar-refractivity contribution in [3.05, 3.63) is 65.2 Å². The fourth-order valence-corrected chi connectivity index (χ4v) is 5.22. The zero-order valence-corrected chi connectivity index (χ0v) is 22.4. The number of hydroxylamine groups is 1. The maximum atomic E-state index is 12.2. The number of nitrogens with one attached hydrogen (secondary N) is 2. The van der Waals surface area contributed by atoms with Gasteiger partial charge in [0.1, 0.15) is 0 Å². The van der Waals surface area contributed by atoms with E-state index in [-0.39, 0.29) is 37.6 Å². The van der Waals surface area contributed by atoms with Crippen molar-refractivity contribution in [1.29, 1.82) is 0 Å². The highest BCUT2D eigenvalue weighted by molar-refractivity contribution is 5.91. The molecular formula is C29H39N3O7. The highest BCUT2D eigenvalue weighted by Crippen LogP contribution is 2.39. The molecule has 2 fully saturated rings. The average molecular weight is 542 g/mol. The third kappa shape index (κ3) is 8.31. The zero-order chi connectivity index (χ0) is 27.6. The minimum absolute atomic E-state index is 0.00308. The van der Waals surface area contributed by atoms with Gasteiger partial charge in [0.25, 0.3) is 0 Å². The van der Waals surface area contributed by atoms with Crippen molar-refractivity contribution in [2.45, 2.75) is 69.7 Å². The van der Waals surface area contributed by atoms with Crippen LogP contribution in [0, 0.1) is 0 Å². The summed E-state index contributed by atoms with van der Waals surface area (Å²) in [4.78, 5) is 25.8. The van der Waals surface area contributed by atoms with Gasteiger partial charge >= 0.3 is 0 Å². The lowest BCUT2D eigenvalue weighted by atomic mass is 9.99. The molecule has 2 aromatic carbocycles. The Labute approximate surface area is 229 Å². The molecular weight excluding hydrogens is 502 g/mol. The number of rotatable bonds is 12. The second kappa shape index (κ2) is 14.5. The summed E-state index contributed by atoms with van der Waals surface area (Å²) in [6.07, 6.45) is 2.79. The van der Waals surface area contributed by atoms with Gasteiger partial charge < -0.3 is 24.6 Å². The number of anilines is 1. The lowest BCUT2D eigenvalue weighted by molar-refractivity contribution is -0.253. The molecule has 0 spiro atoms. The van der Waals surface area contributed by atoms with E-state index in [0.717, 1.165) is 42.6 Å². The summed E-state index contributed by atoms with van der Waals surface area (Å²) in [6, 6.07) is 15.6. The second-order valence-corrected chi connectivity index (χ2v) is 10.2. The van der Waals surface area contributed by atoms with Crippen LogP contribution in [0.3, 0.4) is 0 Å². The molecule has 4 N–H and O–H groups in total. The van der Waals surface area contributed by atoms with E-state index in [1.165, 1.54) is 0 Å². The molecule has 10 nitrogen and oxygen atoms in total. The molecule has 0 aromatic heterocycles. The molecule has 2 aliphatic rings. The Kier molecular flexibility index (Phi) is 10.8. The molecule has 2 amide bonds. The average Bonchev–Trinajstić information content (AvgIpc) is 3.39. The summed E-state index contributed by atoms with van der Waals surface area (Å²) in [5.74, 6) is -0.721. The number of ether oxygens (including phenoxy) is 3. The predicted molar refractivity (Wildman–Crippen MR) is 144 cm³/mol. The van der Waals surface area contributed by atoms with Gasteiger partial charge in [-0.15, -0.1) is 0 Å². The molecule has 4 rings (SSSR count). The first-order valence-electron chi connectivity index (χ1n) is 13.6. The van der Waals surface area contributed by atoms with Crippen molar-refractivity contribution in [1.82, 2.24) is 10.4 Å². The summed E-state index contributed by atoms with van der Waals surface area (Å²) in [5, 5.41) is 20.8. The van der Waals surface area contributed by atoms with Crippen LogP contribution in [0.15, 0.2) is 48.5 Å². The summed E-state index contributed by atoms with van der Waals surface area (Å²) in [6.45, 7) is 2.52. The molecule has 0 unspecified atom stereocenters. The normalized spacial score (nSPS) is 23.5. The molecule has 0 bridgehead atoms. The van der Waals surface area contributed by atoms with Crippen LogP contribution in [-0.2, 0) is 30.4 Å². The van der Waals surface area contributed by atoms with Crippen LogP contribution in [-0.4, -0.2) is 66.0 Å². The number of aliphatic hydroxyl groups is 1. The van der Waals surface area contributed by atoms with E-state index >= 15 is 0 Å². The molecule has 2 heterocycles. The van der Waals surface area contributed by atoms with Crippen molar-refractivity contribution in [3.63, 3.8) is 0 Å². The Morgan fingerprint density at radius 1 is 1.03 bits per heavy atom. The summed E-state index contributed by atoms with van der Waals surface area (Å²) in [7, 11) is 1.74. The number of hydrogen-bond donors (Lipinski definition) is 4. The smallest absolute Gasteiger partial charge is 0.243 e. The van der Waals surface area contributed by atoms with Crippen LogP contribution in [0.5, 0.6) is 0 Å². The quantitative estimate of drug-likeness (QED) is 0.238. The third-order valence-electron chi connectivity index (χ3n) is 7.31. The molecule has 2 aliphatic heterocycles. The van der Waals surface area contributed by atoms with Gasteiger partial charge in [0.15, 0.2) is 6.29 Å². The summed E-state index contributed by atoms with van der Waals surface area (Å²) < 4.78 is 18.3. The molecule has 0 radical (unpaired) electrons. The van der Waals surface area contributed by atoms with Crippen molar-refractivity contribution in [2.24, 2.45) is 0 Å². The molecule has 2 saturated heterocycles. The van der Waals surface area contributed by atoms with Gasteiger partial charge in [-0.25, -0.2) is 5.48 Å². The van der Waals surface area contributed by atoms with E-state index in [1.807, 2.05) is 48.5 Å². The van der Waals surface area contributed by atoms with E-state index in [9.17, 15) is 14.7 Å². The van der Waals surface area contributed by atoms with E-state index in [0.29, 0.717) is 31.2 Å². The number of likely N-dealkylation sites (tertiary alicyclic amines) is 1. The van der Waals surface area contributed by atoms with Gasteiger partial charge in [-0.05, 0) is 49.1 Å². The summed E-state index contributed by atoms with van der Waals surface area (Å²) >= 11 is 0. The first-order valence-corrected chi connectivity index (χ1v) is 13.6. The maximum absolute atomic E-state index is 12.2. The Bertz CT molecular complexity index is 1060. The standard InChI is InChI=1S/C29H39N3O7/c1-37-19-24-4-3-15-32(24)17-25-16-26(21-9-7-20(18-33)8-10-21)39-29(38-25)22-11-13-23(14-12-22)30-27(34)5-2-6-28(35)31-36/h7-14,24-26,29,33,36H,2-6,15-19H2,1H3,(H,30,34)(H,31,35)/t24-,25+,26-,29-/m0/s1. The van der Waals surface area contributed by atoms with Crippen LogP contribution in [0.1, 0.15) is 67.6 Å². The first kappa shape index (κ1) is 29.1. The van der Waals surface area contributed by atoms with Crippen LogP contribution >= 0.6 is 0 Å². The number of hydrogen-bond acceptors (Lipinski definition) is 8. The lowest BCUT2D eigenvalue weighted by Gasteiger charge is -2.38. The Morgan fingerprint density at radius 3 is 2.44 bits per heavy atom. The van der Waals surface area contributed by atoms with Crippen LogP contribution in [0.2, 0.25) is 0 Å². The van der Waals surface area contributed by atoms with Gasteiger partial charge in [0, 0.05) is 50.2 Å². The largest absolute Gasteiger partial charge is 0.392 e. The first-order chi connectivity index (χ1) is 19.0. The van der Waals surface area contributed by atoms with Gasteiger partial charge in [0.2, 0.25) is 11.8 Å². The van der Waals surface area contributed by atoms with Crippen LogP contribution in [0.4, 0.5) is 5.69 Å². The van der Waals surface area contributed by atoms with Crippen molar-refractivity contribution >= 4 is 17.5 Å². The van der Waals surface area contributed by atoms with Crippen molar-refractivity contribution in [3.8, 4) is 0 Å². The van der Waals surface area contributed by atoms with E-state index in [1.54, 1.807) is 12.6 Å². The van der Waals surface area contributed by atoms with Crippen LogP contribution < -0.4 is 10.8 Å². The van der Waals surface area contributed by atoms with Gasteiger partial charge in [-0.1, -0.05) is 36.4 Å². The summed E-state index contributed by atoms with van der Waals surface area (Å²) in [5.41, 5.74) is 4.95. The molecule has 10 heteroatoms. The predicted octanol–water partition coefficient (Wildman–Crippen LogP) is 3.45. The van der Waals surface area contributed by atoms with E-state index in [2.05, 4.69) is 10.2 Å². The number of carbonyl (C=O) groups is 2. The molecule has 2 aromatic rings. The van der Waals surface area contributed by atoms with Crippen LogP contribution in [0.25, 0.3) is 0 Å². The molecule has 39 heavy (non-hydrogen) atoms. The second-order valence-electron chi connectivity index (χ2n) is 10.2.